The Labute approximate surface area is 123 Å². The molecular weight excluding hydrogens is 294 g/mol. The van der Waals surface area contributed by atoms with Crippen LogP contribution in [-0.4, -0.2) is 30.3 Å². The van der Waals surface area contributed by atoms with Gasteiger partial charge in [-0.2, -0.15) is 13.5 Å². The van der Waals surface area contributed by atoms with E-state index in [9.17, 15) is 13.5 Å². The number of nitrogens with one attached hydrogen (secondary N) is 2. The molecule has 0 unspecified atom stereocenters. The zero-order valence-corrected chi connectivity index (χ0v) is 12.6. The number of hydrogen-bond acceptors (Lipinski definition) is 5. The van der Waals surface area contributed by atoms with Crippen molar-refractivity contribution in [2.75, 3.05) is 11.3 Å². The van der Waals surface area contributed by atoms with Crippen molar-refractivity contribution in [3.63, 3.8) is 0 Å². The minimum absolute atomic E-state index is 0.204. The molecule has 3 N–H and O–H groups in total. The number of aliphatic hydroxyl groups is 1. The maximum absolute atomic E-state index is 12.3. The lowest BCUT2D eigenvalue weighted by Gasteiger charge is -2.09. The van der Waals surface area contributed by atoms with Gasteiger partial charge in [0.15, 0.2) is 0 Å². The third-order valence-electron chi connectivity index (χ3n) is 2.85. The molecule has 0 saturated heterocycles. The van der Waals surface area contributed by atoms with E-state index in [-0.39, 0.29) is 10.6 Å². The molecule has 0 aliphatic heterocycles. The molecule has 2 aromatic rings. The van der Waals surface area contributed by atoms with Crippen LogP contribution in [0.5, 0.6) is 5.75 Å². The molecule has 1 heterocycles. The summed E-state index contributed by atoms with van der Waals surface area (Å²) >= 11 is 0. The molecule has 7 nitrogen and oxygen atoms in total. The lowest BCUT2D eigenvalue weighted by molar-refractivity contribution is 0.277. The van der Waals surface area contributed by atoms with E-state index in [1.165, 1.54) is 0 Å². The summed E-state index contributed by atoms with van der Waals surface area (Å²) in [5, 5.41) is 15.4. The van der Waals surface area contributed by atoms with E-state index in [2.05, 4.69) is 14.9 Å². The number of H-pyrrole nitrogens is 1. The molecule has 2 rings (SSSR count). The summed E-state index contributed by atoms with van der Waals surface area (Å²) < 4.78 is 32.4. The first-order valence-corrected chi connectivity index (χ1v) is 7.86. The predicted octanol–water partition coefficient (Wildman–Crippen LogP) is 1.41. The molecule has 1 aromatic heterocycles. The van der Waals surface area contributed by atoms with Gasteiger partial charge in [-0.15, -0.1) is 0 Å². The number of aromatic amines is 1. The van der Waals surface area contributed by atoms with E-state index < -0.39 is 16.6 Å². The van der Waals surface area contributed by atoms with Crippen molar-refractivity contribution in [3.05, 3.63) is 35.5 Å². The number of benzene rings is 1. The van der Waals surface area contributed by atoms with E-state index in [0.29, 0.717) is 23.7 Å². The van der Waals surface area contributed by atoms with E-state index in [4.69, 9.17) is 4.74 Å². The minimum Gasteiger partial charge on any atom is -0.494 e. The minimum atomic E-state index is -3.87. The fraction of sp³-hybridized carbons (Fsp3) is 0.308. The van der Waals surface area contributed by atoms with Gasteiger partial charge in [-0.25, -0.2) is 0 Å². The smallest absolute Gasteiger partial charge is 0.281 e. The molecule has 0 spiro atoms. The molecule has 21 heavy (non-hydrogen) atoms. The Morgan fingerprint density at radius 3 is 2.86 bits per heavy atom. The van der Waals surface area contributed by atoms with E-state index in [0.717, 1.165) is 0 Å². The number of aliphatic hydroxyl groups excluding tert-OH is 1. The molecule has 114 valence electrons. The van der Waals surface area contributed by atoms with Crippen LogP contribution in [-0.2, 0) is 16.6 Å². The molecule has 0 saturated carbocycles. The number of rotatable bonds is 6. The van der Waals surface area contributed by atoms with Crippen LogP contribution in [0.3, 0.4) is 0 Å². The topological polar surface area (TPSA) is 104 Å². The maximum atomic E-state index is 12.3. The first-order chi connectivity index (χ1) is 9.97. The average Bonchev–Trinajstić information content (AvgIpc) is 2.81. The molecule has 0 fully saturated rings. The van der Waals surface area contributed by atoms with E-state index in [1.807, 2.05) is 6.92 Å². The quantitative estimate of drug-likeness (QED) is 0.748. The van der Waals surface area contributed by atoms with Gasteiger partial charge < -0.3 is 9.84 Å². The van der Waals surface area contributed by atoms with Crippen molar-refractivity contribution in [2.45, 2.75) is 25.5 Å². The first-order valence-electron chi connectivity index (χ1n) is 6.38. The van der Waals surface area contributed by atoms with Gasteiger partial charge in [-0.05, 0) is 26.0 Å². The zero-order valence-electron chi connectivity index (χ0n) is 11.8. The average molecular weight is 311 g/mol. The maximum Gasteiger partial charge on any atom is 0.281 e. The van der Waals surface area contributed by atoms with Gasteiger partial charge in [-0.1, -0.05) is 6.07 Å². The normalized spacial score (nSPS) is 11.4. The molecule has 0 radical (unpaired) electrons. The van der Waals surface area contributed by atoms with Crippen molar-refractivity contribution in [1.29, 1.82) is 0 Å². The van der Waals surface area contributed by atoms with Gasteiger partial charge in [0.05, 0.1) is 18.9 Å². The number of nitrogens with zero attached hydrogens (tertiary/aromatic N) is 1. The molecule has 0 aliphatic rings. The molecule has 0 bridgehead atoms. The summed E-state index contributed by atoms with van der Waals surface area (Å²) in [5.74, 6) is 0.568. The number of aromatic nitrogens is 2. The van der Waals surface area contributed by atoms with Crippen LogP contribution in [0.4, 0.5) is 5.69 Å². The van der Waals surface area contributed by atoms with Crippen LogP contribution in [0.25, 0.3) is 0 Å². The Hall–Kier alpha value is -2.06. The fourth-order valence-corrected chi connectivity index (χ4v) is 3.10. The van der Waals surface area contributed by atoms with Crippen molar-refractivity contribution in [3.8, 4) is 5.75 Å². The summed E-state index contributed by atoms with van der Waals surface area (Å²) in [6.45, 7) is 3.57. The van der Waals surface area contributed by atoms with Gasteiger partial charge in [0.1, 0.15) is 5.75 Å². The zero-order chi connectivity index (χ0) is 15.5. The van der Waals surface area contributed by atoms with Gasteiger partial charge in [0, 0.05) is 17.3 Å². The van der Waals surface area contributed by atoms with Crippen LogP contribution in [0.15, 0.2) is 29.3 Å². The molecule has 0 amide bonds. The number of hydrogen-bond donors (Lipinski definition) is 3. The lowest BCUT2D eigenvalue weighted by Crippen LogP contribution is -2.15. The summed E-state index contributed by atoms with van der Waals surface area (Å²) in [7, 11) is -3.87. The lowest BCUT2D eigenvalue weighted by atomic mass is 10.3. The number of anilines is 1. The van der Waals surface area contributed by atoms with Crippen LogP contribution in [0.1, 0.15) is 18.2 Å². The van der Waals surface area contributed by atoms with Gasteiger partial charge >= 0.3 is 0 Å². The predicted molar refractivity (Wildman–Crippen MR) is 77.7 cm³/mol. The Morgan fingerprint density at radius 1 is 1.43 bits per heavy atom. The SMILES string of the molecule is CCOc1cccc(NS(=O)(=O)c2n[nH]c(C)c2CO)c1. The van der Waals surface area contributed by atoms with Crippen molar-refractivity contribution >= 4 is 15.7 Å². The van der Waals surface area contributed by atoms with E-state index in [1.54, 1.807) is 31.2 Å². The monoisotopic (exact) mass is 311 g/mol. The largest absolute Gasteiger partial charge is 0.494 e. The Balaban J connectivity index is 2.31. The summed E-state index contributed by atoms with van der Waals surface area (Å²) in [4.78, 5) is 0. The summed E-state index contributed by atoms with van der Waals surface area (Å²) in [6.07, 6.45) is 0. The van der Waals surface area contributed by atoms with Gasteiger partial charge in [-0.3, -0.25) is 9.82 Å². The van der Waals surface area contributed by atoms with Crippen LogP contribution >= 0.6 is 0 Å². The number of ether oxygens (including phenoxy) is 1. The third kappa shape index (κ3) is 3.34. The number of aryl methyl sites for hydroxylation is 1. The van der Waals surface area contributed by atoms with Gasteiger partial charge in [0.2, 0.25) is 5.03 Å². The second-order valence-corrected chi connectivity index (χ2v) is 5.95. The molecule has 1 aromatic carbocycles. The Kier molecular flexibility index (Phi) is 4.49. The van der Waals surface area contributed by atoms with Crippen molar-refractivity contribution < 1.29 is 18.3 Å². The molecule has 8 heteroatoms. The third-order valence-corrected chi connectivity index (χ3v) is 4.20. The second kappa shape index (κ2) is 6.15. The summed E-state index contributed by atoms with van der Waals surface area (Å²) in [5.41, 5.74) is 1.13. The van der Waals surface area contributed by atoms with Crippen molar-refractivity contribution in [2.24, 2.45) is 0 Å². The number of sulfonamides is 1. The van der Waals surface area contributed by atoms with Crippen LogP contribution in [0, 0.1) is 6.92 Å². The van der Waals surface area contributed by atoms with Crippen LogP contribution in [0.2, 0.25) is 0 Å². The first kappa shape index (κ1) is 15.3. The highest BCUT2D eigenvalue weighted by Gasteiger charge is 2.23. The van der Waals surface area contributed by atoms with Crippen molar-refractivity contribution in [1.82, 2.24) is 10.2 Å². The second-order valence-electron chi connectivity index (χ2n) is 4.36. The van der Waals surface area contributed by atoms with Gasteiger partial charge in [0.25, 0.3) is 10.0 Å². The molecular formula is C13H17N3O4S. The highest BCUT2D eigenvalue weighted by molar-refractivity contribution is 7.92. The highest BCUT2D eigenvalue weighted by atomic mass is 32.2. The Morgan fingerprint density at radius 2 is 2.19 bits per heavy atom. The fourth-order valence-electron chi connectivity index (χ4n) is 1.86. The highest BCUT2D eigenvalue weighted by Crippen LogP contribution is 2.22. The molecule has 0 aliphatic carbocycles. The summed E-state index contributed by atoms with van der Waals surface area (Å²) in [6, 6.07) is 6.61. The molecule has 0 atom stereocenters. The Bertz CT molecular complexity index is 725. The van der Waals surface area contributed by atoms with Crippen LogP contribution < -0.4 is 9.46 Å². The van der Waals surface area contributed by atoms with E-state index >= 15 is 0 Å². The standard InChI is InChI=1S/C13H17N3O4S/c1-3-20-11-6-4-5-10(7-11)16-21(18,19)13-12(8-17)9(2)14-15-13/h4-7,16-17H,3,8H2,1-2H3,(H,14,15).